The van der Waals surface area contributed by atoms with Crippen LogP contribution in [0.5, 0.6) is 0 Å². The smallest absolute Gasteiger partial charge is 0.193 e. The molecule has 2 aromatic rings. The maximum absolute atomic E-state index is 12.6. The Kier molecular flexibility index (Phi) is 5.21. The number of morpholine rings is 1. The Morgan fingerprint density at radius 3 is 2.48 bits per heavy atom. The van der Waals surface area contributed by atoms with Gasteiger partial charge in [0, 0.05) is 30.8 Å². The zero-order valence-corrected chi connectivity index (χ0v) is 13.6. The van der Waals surface area contributed by atoms with Crippen LogP contribution in [0.4, 0.5) is 0 Å². The molecule has 120 valence electrons. The van der Waals surface area contributed by atoms with Crippen molar-refractivity contribution in [3.05, 3.63) is 71.3 Å². The number of ether oxygens (including phenoxy) is 1. The first-order valence-corrected chi connectivity index (χ1v) is 8.24. The average molecular weight is 309 g/mol. The van der Waals surface area contributed by atoms with Crippen LogP contribution in [0.1, 0.15) is 34.3 Å². The van der Waals surface area contributed by atoms with Crippen molar-refractivity contribution in [1.29, 1.82) is 0 Å². The van der Waals surface area contributed by atoms with Crippen molar-refractivity contribution in [2.75, 3.05) is 32.8 Å². The fourth-order valence-electron chi connectivity index (χ4n) is 3.02. The lowest BCUT2D eigenvalue weighted by molar-refractivity contribution is 0.0357. The maximum Gasteiger partial charge on any atom is 0.193 e. The van der Waals surface area contributed by atoms with Gasteiger partial charge in [-0.1, -0.05) is 55.5 Å². The summed E-state index contributed by atoms with van der Waals surface area (Å²) in [5.41, 5.74) is 2.73. The Labute approximate surface area is 137 Å². The van der Waals surface area contributed by atoms with Gasteiger partial charge in [0.2, 0.25) is 0 Å². The molecule has 1 heterocycles. The van der Waals surface area contributed by atoms with Crippen LogP contribution in [0.25, 0.3) is 0 Å². The minimum atomic E-state index is 0.0889. The average Bonchev–Trinajstić information content (AvgIpc) is 2.63. The van der Waals surface area contributed by atoms with Crippen LogP contribution >= 0.6 is 0 Å². The molecule has 1 saturated heterocycles. The van der Waals surface area contributed by atoms with Gasteiger partial charge in [0.1, 0.15) is 0 Å². The molecule has 2 aromatic carbocycles. The van der Waals surface area contributed by atoms with Crippen LogP contribution in [0.2, 0.25) is 0 Å². The van der Waals surface area contributed by atoms with Crippen LogP contribution in [-0.2, 0) is 4.74 Å². The Hall–Kier alpha value is -1.97. The second-order valence-electron chi connectivity index (χ2n) is 6.13. The molecule has 3 rings (SSSR count). The first-order valence-electron chi connectivity index (χ1n) is 8.24. The minimum absolute atomic E-state index is 0.0889. The number of nitrogens with zero attached hydrogens (tertiary/aromatic N) is 1. The van der Waals surface area contributed by atoms with Gasteiger partial charge in [-0.15, -0.1) is 0 Å². The third-order valence-electron chi connectivity index (χ3n) is 4.39. The lowest BCUT2D eigenvalue weighted by atomic mass is 9.95. The van der Waals surface area contributed by atoms with E-state index in [0.29, 0.717) is 5.92 Å². The molecule has 0 radical (unpaired) electrons. The molecular formula is C20H23NO2. The molecular weight excluding hydrogens is 286 g/mol. The Balaban J connectivity index is 1.72. The monoisotopic (exact) mass is 309 g/mol. The highest BCUT2D eigenvalue weighted by Crippen LogP contribution is 2.20. The predicted octanol–water partition coefficient (Wildman–Crippen LogP) is 3.35. The molecule has 0 aromatic heterocycles. The molecule has 1 atom stereocenters. The van der Waals surface area contributed by atoms with Gasteiger partial charge < -0.3 is 4.74 Å². The summed E-state index contributed by atoms with van der Waals surface area (Å²) in [6, 6.07) is 17.5. The standard InChI is InChI=1S/C20H23NO2/c1-16(15-21-10-12-23-13-11-21)18-8-5-9-19(14-18)20(22)17-6-3-2-4-7-17/h2-9,14,16H,10-13,15H2,1H3/t16-/m0/s1. The number of hydrogen-bond donors (Lipinski definition) is 0. The van der Waals surface area contributed by atoms with Crippen LogP contribution in [0.15, 0.2) is 54.6 Å². The molecule has 3 nitrogen and oxygen atoms in total. The van der Waals surface area contributed by atoms with E-state index in [2.05, 4.69) is 17.9 Å². The lowest BCUT2D eigenvalue weighted by Gasteiger charge is -2.29. The van der Waals surface area contributed by atoms with Crippen molar-refractivity contribution in [1.82, 2.24) is 4.90 Å². The molecule has 0 spiro atoms. The van der Waals surface area contributed by atoms with Crippen LogP contribution in [-0.4, -0.2) is 43.5 Å². The first kappa shape index (κ1) is 15.9. The molecule has 1 aliphatic rings. The Bertz CT molecular complexity index is 648. The number of carbonyl (C=O) groups excluding carboxylic acids is 1. The Morgan fingerprint density at radius 2 is 1.74 bits per heavy atom. The van der Waals surface area contributed by atoms with Gasteiger partial charge in [0.05, 0.1) is 13.2 Å². The van der Waals surface area contributed by atoms with E-state index in [-0.39, 0.29) is 5.78 Å². The van der Waals surface area contributed by atoms with E-state index in [4.69, 9.17) is 4.74 Å². The van der Waals surface area contributed by atoms with Crippen LogP contribution in [0, 0.1) is 0 Å². The third kappa shape index (κ3) is 4.06. The zero-order chi connectivity index (χ0) is 16.1. The molecule has 0 aliphatic carbocycles. The highest BCUT2D eigenvalue weighted by Gasteiger charge is 2.16. The van der Waals surface area contributed by atoms with E-state index in [1.807, 2.05) is 48.5 Å². The normalized spacial score (nSPS) is 16.9. The third-order valence-corrected chi connectivity index (χ3v) is 4.39. The number of carbonyl (C=O) groups is 1. The summed E-state index contributed by atoms with van der Waals surface area (Å²) < 4.78 is 5.40. The van der Waals surface area contributed by atoms with Crippen molar-refractivity contribution in [2.24, 2.45) is 0 Å². The SMILES string of the molecule is C[C@@H](CN1CCOCC1)c1cccc(C(=O)c2ccccc2)c1. The quantitative estimate of drug-likeness (QED) is 0.793. The summed E-state index contributed by atoms with van der Waals surface area (Å²) in [4.78, 5) is 15.0. The lowest BCUT2D eigenvalue weighted by Crippen LogP contribution is -2.38. The summed E-state index contributed by atoms with van der Waals surface area (Å²) in [5.74, 6) is 0.489. The summed E-state index contributed by atoms with van der Waals surface area (Å²) in [5, 5.41) is 0. The number of benzene rings is 2. The van der Waals surface area contributed by atoms with Gasteiger partial charge in [-0.2, -0.15) is 0 Å². The zero-order valence-electron chi connectivity index (χ0n) is 13.6. The van der Waals surface area contributed by atoms with Gasteiger partial charge >= 0.3 is 0 Å². The minimum Gasteiger partial charge on any atom is -0.379 e. The fraction of sp³-hybridized carbons (Fsp3) is 0.350. The summed E-state index contributed by atoms with van der Waals surface area (Å²) in [6.45, 7) is 6.85. The van der Waals surface area contributed by atoms with Crippen molar-refractivity contribution in [3.8, 4) is 0 Å². The van der Waals surface area contributed by atoms with Gasteiger partial charge in [-0.05, 0) is 17.5 Å². The highest BCUT2D eigenvalue weighted by atomic mass is 16.5. The first-order chi connectivity index (χ1) is 11.2. The van der Waals surface area contributed by atoms with Crippen LogP contribution < -0.4 is 0 Å². The number of hydrogen-bond acceptors (Lipinski definition) is 3. The highest BCUT2D eigenvalue weighted by molar-refractivity contribution is 6.09. The van der Waals surface area contributed by atoms with Gasteiger partial charge in [0.25, 0.3) is 0 Å². The molecule has 1 aliphatic heterocycles. The molecule has 3 heteroatoms. The largest absolute Gasteiger partial charge is 0.379 e. The molecule has 0 saturated carbocycles. The maximum atomic E-state index is 12.6. The van der Waals surface area contributed by atoms with Crippen molar-refractivity contribution in [2.45, 2.75) is 12.8 Å². The molecule has 0 amide bonds. The van der Waals surface area contributed by atoms with E-state index in [1.165, 1.54) is 5.56 Å². The Morgan fingerprint density at radius 1 is 1.04 bits per heavy atom. The molecule has 23 heavy (non-hydrogen) atoms. The van der Waals surface area contributed by atoms with Crippen molar-refractivity contribution in [3.63, 3.8) is 0 Å². The van der Waals surface area contributed by atoms with E-state index < -0.39 is 0 Å². The van der Waals surface area contributed by atoms with Gasteiger partial charge in [0.15, 0.2) is 5.78 Å². The molecule has 0 bridgehead atoms. The van der Waals surface area contributed by atoms with E-state index in [9.17, 15) is 4.79 Å². The van der Waals surface area contributed by atoms with Crippen molar-refractivity contribution >= 4 is 5.78 Å². The van der Waals surface area contributed by atoms with Crippen LogP contribution in [0.3, 0.4) is 0 Å². The van der Waals surface area contributed by atoms with Gasteiger partial charge in [-0.25, -0.2) is 0 Å². The van der Waals surface area contributed by atoms with E-state index in [1.54, 1.807) is 0 Å². The molecule has 1 fully saturated rings. The van der Waals surface area contributed by atoms with Crippen molar-refractivity contribution < 1.29 is 9.53 Å². The second kappa shape index (κ2) is 7.53. The summed E-state index contributed by atoms with van der Waals surface area (Å²) in [7, 11) is 0. The fourth-order valence-corrected chi connectivity index (χ4v) is 3.02. The number of rotatable bonds is 5. The summed E-state index contributed by atoms with van der Waals surface area (Å²) >= 11 is 0. The second-order valence-corrected chi connectivity index (χ2v) is 6.13. The molecule has 0 N–H and O–H groups in total. The molecule has 0 unspecified atom stereocenters. The van der Waals surface area contributed by atoms with E-state index >= 15 is 0 Å². The number of ketones is 1. The topological polar surface area (TPSA) is 29.5 Å². The van der Waals surface area contributed by atoms with Gasteiger partial charge in [-0.3, -0.25) is 9.69 Å². The van der Waals surface area contributed by atoms with E-state index in [0.717, 1.165) is 44.0 Å². The summed E-state index contributed by atoms with van der Waals surface area (Å²) in [6.07, 6.45) is 0. The predicted molar refractivity (Wildman–Crippen MR) is 92.0 cm³/mol.